The number of aryl methyl sites for hydroxylation is 4. The molecule has 0 aromatic carbocycles. The van der Waals surface area contributed by atoms with Crippen molar-refractivity contribution in [2.75, 3.05) is 56.2 Å². The summed E-state index contributed by atoms with van der Waals surface area (Å²) in [7, 11) is 10.6. The minimum atomic E-state index is -0.556. The van der Waals surface area contributed by atoms with Gasteiger partial charge in [0.1, 0.15) is 11.4 Å². The van der Waals surface area contributed by atoms with Crippen LogP contribution in [0, 0.1) is 0 Å². The average Bonchev–Trinajstić information content (AvgIpc) is 3.87. The van der Waals surface area contributed by atoms with Gasteiger partial charge in [0.15, 0.2) is 11.6 Å². The van der Waals surface area contributed by atoms with Crippen molar-refractivity contribution >= 4 is 52.6 Å². The Hall–Kier alpha value is -6.24. The number of anilines is 3. The molecule has 0 unspecified atom stereocenters. The molecule has 284 valence electrons. The van der Waals surface area contributed by atoms with E-state index in [0.29, 0.717) is 30.0 Å². The Balaban J connectivity index is 1.18. The molecule has 19 nitrogen and oxygen atoms in total. The van der Waals surface area contributed by atoms with Gasteiger partial charge < -0.3 is 55.1 Å². The van der Waals surface area contributed by atoms with Crippen LogP contribution in [0.15, 0.2) is 43.1 Å². The van der Waals surface area contributed by atoms with Gasteiger partial charge in [-0.15, -0.1) is 0 Å². The van der Waals surface area contributed by atoms with Gasteiger partial charge in [-0.2, -0.15) is 0 Å². The standard InChI is InChI=1S/C34H47N13O6/c1-43(2)15-8-12-35-27(48)10-13-38-32(51)25-18-23(20-46(25)5)40-34(53)30-42-26(21-47(30)6)41-28(49)9-7-11-37-31(50)24-17-22(19-45(24)4)39-33(52)29-36-14-16-44(29)3/h14,16-21H,7-13,15H2,1-6H3,(H,35,48)(H,37,50)(H,38,51)(H,39,52)(H,40,53)(H,41,49). The second-order valence-corrected chi connectivity index (χ2v) is 12.7. The van der Waals surface area contributed by atoms with Crippen LogP contribution in [0.5, 0.6) is 0 Å². The largest absolute Gasteiger partial charge is 0.356 e. The average molecular weight is 734 g/mol. The van der Waals surface area contributed by atoms with Crippen LogP contribution in [-0.2, 0) is 37.8 Å². The fourth-order valence-corrected chi connectivity index (χ4v) is 5.25. The molecule has 19 heteroatoms. The lowest BCUT2D eigenvalue weighted by Crippen LogP contribution is -2.32. The molecular formula is C34H47N13O6. The molecule has 4 aromatic rings. The van der Waals surface area contributed by atoms with E-state index in [1.54, 1.807) is 66.5 Å². The van der Waals surface area contributed by atoms with E-state index in [2.05, 4.69) is 41.9 Å². The first-order valence-corrected chi connectivity index (χ1v) is 17.0. The van der Waals surface area contributed by atoms with Crippen LogP contribution in [0.4, 0.5) is 17.2 Å². The van der Waals surface area contributed by atoms with E-state index in [0.717, 1.165) is 13.0 Å². The number of hydrogen-bond acceptors (Lipinski definition) is 9. The van der Waals surface area contributed by atoms with Crippen LogP contribution in [0.25, 0.3) is 0 Å². The van der Waals surface area contributed by atoms with Crippen LogP contribution in [0.2, 0.25) is 0 Å². The predicted molar refractivity (Wildman–Crippen MR) is 196 cm³/mol. The van der Waals surface area contributed by atoms with Gasteiger partial charge in [0.25, 0.3) is 23.6 Å². The lowest BCUT2D eigenvalue weighted by atomic mass is 10.3. The molecule has 0 atom stereocenters. The van der Waals surface area contributed by atoms with Gasteiger partial charge in [0.2, 0.25) is 17.6 Å². The maximum absolute atomic E-state index is 13.0. The number of hydrogen-bond donors (Lipinski definition) is 6. The lowest BCUT2D eigenvalue weighted by molar-refractivity contribution is -0.121. The Bertz CT molecular complexity index is 1950. The van der Waals surface area contributed by atoms with Gasteiger partial charge in [0.05, 0.1) is 11.4 Å². The number of rotatable bonds is 18. The summed E-state index contributed by atoms with van der Waals surface area (Å²) in [4.78, 5) is 85.8. The first-order chi connectivity index (χ1) is 25.2. The molecule has 4 aromatic heterocycles. The monoisotopic (exact) mass is 733 g/mol. The zero-order valence-corrected chi connectivity index (χ0v) is 30.8. The maximum atomic E-state index is 13.0. The smallest absolute Gasteiger partial charge is 0.291 e. The van der Waals surface area contributed by atoms with Crippen LogP contribution in [0.3, 0.4) is 0 Å². The number of nitrogens with zero attached hydrogens (tertiary/aromatic N) is 7. The molecule has 53 heavy (non-hydrogen) atoms. The molecular weight excluding hydrogens is 686 g/mol. The Morgan fingerprint density at radius 1 is 0.623 bits per heavy atom. The molecule has 0 aliphatic rings. The number of imidazole rings is 2. The van der Waals surface area contributed by atoms with Crippen molar-refractivity contribution in [2.45, 2.75) is 25.7 Å². The second kappa shape index (κ2) is 18.3. The van der Waals surface area contributed by atoms with Crippen molar-refractivity contribution in [3.05, 3.63) is 66.2 Å². The van der Waals surface area contributed by atoms with Crippen LogP contribution < -0.4 is 31.9 Å². The highest BCUT2D eigenvalue weighted by Crippen LogP contribution is 2.16. The quantitative estimate of drug-likeness (QED) is 0.0790. The summed E-state index contributed by atoms with van der Waals surface area (Å²) in [6.45, 7) is 1.80. The second-order valence-electron chi connectivity index (χ2n) is 12.7. The van der Waals surface area contributed by atoms with E-state index >= 15 is 0 Å². The van der Waals surface area contributed by atoms with Crippen molar-refractivity contribution in [3.8, 4) is 0 Å². The third kappa shape index (κ3) is 11.4. The van der Waals surface area contributed by atoms with Gasteiger partial charge in [-0.05, 0) is 45.6 Å². The summed E-state index contributed by atoms with van der Waals surface area (Å²) in [6.07, 6.45) is 9.24. The zero-order valence-electron chi connectivity index (χ0n) is 30.8. The number of carbonyl (C=O) groups excluding carboxylic acids is 6. The summed E-state index contributed by atoms with van der Waals surface area (Å²) >= 11 is 0. The highest BCUT2D eigenvalue weighted by atomic mass is 16.2. The third-order valence-corrected chi connectivity index (χ3v) is 7.97. The molecule has 4 rings (SSSR count). The van der Waals surface area contributed by atoms with Crippen molar-refractivity contribution in [1.29, 1.82) is 0 Å². The van der Waals surface area contributed by atoms with E-state index < -0.39 is 17.7 Å². The summed E-state index contributed by atoms with van der Waals surface area (Å²) in [5, 5.41) is 16.4. The molecule has 0 saturated heterocycles. The Morgan fingerprint density at radius 2 is 1.21 bits per heavy atom. The molecule has 6 N–H and O–H groups in total. The Morgan fingerprint density at radius 3 is 1.79 bits per heavy atom. The van der Waals surface area contributed by atoms with Gasteiger partial charge in [-0.3, -0.25) is 28.8 Å². The first-order valence-electron chi connectivity index (χ1n) is 17.0. The number of amides is 6. The molecule has 0 saturated carbocycles. The molecule has 0 fully saturated rings. The van der Waals surface area contributed by atoms with Crippen molar-refractivity contribution in [3.63, 3.8) is 0 Å². The minimum Gasteiger partial charge on any atom is -0.356 e. The molecule has 0 spiro atoms. The summed E-state index contributed by atoms with van der Waals surface area (Å²) in [6, 6.07) is 3.06. The van der Waals surface area contributed by atoms with E-state index in [1.165, 1.54) is 23.0 Å². The number of carbonyl (C=O) groups is 6. The van der Waals surface area contributed by atoms with E-state index in [-0.39, 0.29) is 66.8 Å². The number of aromatic nitrogens is 6. The molecule has 0 aliphatic heterocycles. The highest BCUT2D eigenvalue weighted by molar-refractivity contribution is 6.04. The Labute approximate surface area is 306 Å². The van der Waals surface area contributed by atoms with Crippen molar-refractivity contribution in [1.82, 2.24) is 49.1 Å². The molecule has 0 aliphatic carbocycles. The zero-order chi connectivity index (χ0) is 38.7. The lowest BCUT2D eigenvalue weighted by Gasteiger charge is -2.10. The van der Waals surface area contributed by atoms with Gasteiger partial charge in [0, 0.05) is 91.7 Å². The SMILES string of the molecule is CN(C)CCCNC(=O)CCNC(=O)c1cc(NC(=O)c2nc(NC(=O)CCCNC(=O)c3cc(NC(=O)c4nccn4C)cn3C)cn2C)cn1C. The normalized spacial score (nSPS) is 10.9. The van der Waals surface area contributed by atoms with Crippen LogP contribution in [0.1, 0.15) is 67.9 Å². The minimum absolute atomic E-state index is 0.0251. The van der Waals surface area contributed by atoms with E-state index in [9.17, 15) is 28.8 Å². The summed E-state index contributed by atoms with van der Waals surface area (Å²) in [5.41, 5.74) is 1.40. The first kappa shape index (κ1) is 39.5. The van der Waals surface area contributed by atoms with E-state index in [4.69, 9.17) is 0 Å². The maximum Gasteiger partial charge on any atom is 0.291 e. The molecule has 4 heterocycles. The summed E-state index contributed by atoms with van der Waals surface area (Å²) in [5.74, 6) is -1.81. The third-order valence-electron chi connectivity index (χ3n) is 7.97. The van der Waals surface area contributed by atoms with Gasteiger partial charge in [-0.1, -0.05) is 0 Å². The predicted octanol–water partition coefficient (Wildman–Crippen LogP) is 0.672. The highest BCUT2D eigenvalue weighted by Gasteiger charge is 2.19. The van der Waals surface area contributed by atoms with Crippen molar-refractivity contribution in [2.24, 2.45) is 28.2 Å². The molecule has 0 radical (unpaired) electrons. The summed E-state index contributed by atoms with van der Waals surface area (Å²) < 4.78 is 6.18. The topological polar surface area (TPSA) is 223 Å². The molecule has 6 amide bonds. The fraction of sp³-hybridized carbons (Fsp3) is 0.412. The van der Waals surface area contributed by atoms with Crippen LogP contribution >= 0.6 is 0 Å². The number of nitrogens with one attached hydrogen (secondary N) is 6. The fourth-order valence-electron chi connectivity index (χ4n) is 5.25. The van der Waals surface area contributed by atoms with Crippen LogP contribution in [-0.4, -0.2) is 109 Å². The molecule has 0 bridgehead atoms. The van der Waals surface area contributed by atoms with Gasteiger partial charge >= 0.3 is 0 Å². The Kier molecular flexibility index (Phi) is 13.7. The van der Waals surface area contributed by atoms with E-state index in [1.807, 2.05) is 19.0 Å². The van der Waals surface area contributed by atoms with Crippen molar-refractivity contribution < 1.29 is 28.8 Å². The van der Waals surface area contributed by atoms with Gasteiger partial charge in [-0.25, -0.2) is 9.97 Å².